The van der Waals surface area contributed by atoms with Crippen molar-refractivity contribution >= 4 is 10.9 Å². The summed E-state index contributed by atoms with van der Waals surface area (Å²) >= 11 is 0. The molecule has 0 aliphatic rings. The lowest BCUT2D eigenvalue weighted by Gasteiger charge is -2.01. The Labute approximate surface area is 88.5 Å². The molecular formula is C13H12FN. The molecule has 0 bridgehead atoms. The number of rotatable bonds is 2. The van der Waals surface area contributed by atoms with Crippen molar-refractivity contribution < 1.29 is 4.39 Å². The average molecular weight is 201 g/mol. The lowest BCUT2D eigenvalue weighted by atomic mass is 10.2. The van der Waals surface area contributed by atoms with E-state index in [9.17, 15) is 4.39 Å². The Kier molecular flexibility index (Phi) is 2.73. The molecule has 2 rings (SSSR count). The van der Waals surface area contributed by atoms with Crippen LogP contribution in [0, 0.1) is 17.7 Å². The molecule has 2 aromatic rings. The summed E-state index contributed by atoms with van der Waals surface area (Å²) in [5.41, 5.74) is 0.938. The third-order valence-corrected chi connectivity index (χ3v) is 2.41. The van der Waals surface area contributed by atoms with Gasteiger partial charge in [0.05, 0.1) is 5.52 Å². The van der Waals surface area contributed by atoms with Crippen LogP contribution in [-0.2, 0) is 6.54 Å². The van der Waals surface area contributed by atoms with E-state index in [1.807, 2.05) is 29.8 Å². The molecule has 0 saturated heterocycles. The predicted octanol–water partition coefficient (Wildman–Crippen LogP) is 3.19. The molecule has 2 heteroatoms. The van der Waals surface area contributed by atoms with Crippen molar-refractivity contribution in [3.63, 3.8) is 0 Å². The first-order chi connectivity index (χ1) is 7.33. The first-order valence-electron chi connectivity index (χ1n) is 4.96. The fourth-order valence-electron chi connectivity index (χ4n) is 1.68. The van der Waals surface area contributed by atoms with Crippen LogP contribution in [0.4, 0.5) is 4.39 Å². The van der Waals surface area contributed by atoms with Gasteiger partial charge < -0.3 is 4.57 Å². The summed E-state index contributed by atoms with van der Waals surface area (Å²) in [6.45, 7) is 2.64. The predicted molar refractivity (Wildman–Crippen MR) is 60.0 cm³/mol. The second-order valence-corrected chi connectivity index (χ2v) is 3.36. The lowest BCUT2D eigenvalue weighted by molar-refractivity contribution is 0.639. The minimum Gasteiger partial charge on any atom is -0.346 e. The number of aromatic nitrogens is 1. The first-order valence-corrected chi connectivity index (χ1v) is 4.96. The Morgan fingerprint density at radius 2 is 2.20 bits per heavy atom. The molecule has 0 spiro atoms. The first kappa shape index (κ1) is 9.79. The van der Waals surface area contributed by atoms with Gasteiger partial charge in [0.1, 0.15) is 5.82 Å². The van der Waals surface area contributed by atoms with Crippen molar-refractivity contribution in [2.24, 2.45) is 0 Å². The van der Waals surface area contributed by atoms with Gasteiger partial charge in [-0.1, -0.05) is 6.07 Å². The van der Waals surface area contributed by atoms with Gasteiger partial charge in [-0.15, -0.1) is 11.8 Å². The highest BCUT2D eigenvalue weighted by molar-refractivity contribution is 5.80. The van der Waals surface area contributed by atoms with Gasteiger partial charge in [0.2, 0.25) is 0 Å². The van der Waals surface area contributed by atoms with Gasteiger partial charge in [-0.25, -0.2) is 4.39 Å². The van der Waals surface area contributed by atoms with E-state index in [4.69, 9.17) is 0 Å². The van der Waals surface area contributed by atoms with Gasteiger partial charge in [-0.05, 0) is 25.1 Å². The second-order valence-electron chi connectivity index (χ2n) is 3.36. The maximum atomic E-state index is 13.3. The monoisotopic (exact) mass is 201 g/mol. The Morgan fingerprint density at radius 3 is 3.00 bits per heavy atom. The number of fused-ring (bicyclic) bond motifs is 1. The minimum atomic E-state index is -0.159. The molecule has 0 unspecified atom stereocenters. The molecule has 0 aliphatic carbocycles. The van der Waals surface area contributed by atoms with Gasteiger partial charge in [0.15, 0.2) is 0 Å². The van der Waals surface area contributed by atoms with Gasteiger partial charge in [-0.2, -0.15) is 0 Å². The Bertz CT molecular complexity index is 528. The summed E-state index contributed by atoms with van der Waals surface area (Å²) in [4.78, 5) is 0. The van der Waals surface area contributed by atoms with E-state index in [0.29, 0.717) is 5.39 Å². The molecule has 1 nitrogen and oxygen atoms in total. The Morgan fingerprint density at radius 1 is 1.33 bits per heavy atom. The van der Waals surface area contributed by atoms with Gasteiger partial charge >= 0.3 is 0 Å². The summed E-state index contributed by atoms with van der Waals surface area (Å²) in [6.07, 6.45) is 2.71. The minimum absolute atomic E-state index is 0.159. The molecule has 76 valence electrons. The third-order valence-electron chi connectivity index (χ3n) is 2.41. The van der Waals surface area contributed by atoms with Crippen LogP contribution in [0.15, 0.2) is 30.5 Å². The van der Waals surface area contributed by atoms with Gasteiger partial charge in [-0.3, -0.25) is 0 Å². The van der Waals surface area contributed by atoms with Crippen LogP contribution in [0.3, 0.4) is 0 Å². The summed E-state index contributed by atoms with van der Waals surface area (Å²) in [7, 11) is 0. The maximum absolute atomic E-state index is 13.3. The number of halogens is 1. The smallest absolute Gasteiger partial charge is 0.132 e. The molecule has 0 atom stereocenters. The highest BCUT2D eigenvalue weighted by Gasteiger charge is 2.03. The summed E-state index contributed by atoms with van der Waals surface area (Å²) < 4.78 is 15.4. The lowest BCUT2D eigenvalue weighted by Crippen LogP contribution is -1.94. The maximum Gasteiger partial charge on any atom is 0.132 e. The number of nitrogens with zero attached hydrogens (tertiary/aromatic N) is 1. The molecule has 0 amide bonds. The highest BCUT2D eigenvalue weighted by Crippen LogP contribution is 2.18. The average Bonchev–Trinajstić information content (AvgIpc) is 2.64. The standard InChI is InChI=1S/C13H12FN/c1-2-3-4-9-15-10-8-11-12(14)6-5-7-13(11)15/h5-8,10H,4,9H2,1H3. The Balaban J connectivity index is 2.35. The SMILES string of the molecule is CC#CCCn1ccc2c(F)cccc21. The molecule has 0 radical (unpaired) electrons. The fraction of sp³-hybridized carbons (Fsp3) is 0.231. The molecule has 0 N–H and O–H groups in total. The van der Waals surface area contributed by atoms with Crippen LogP contribution in [0.25, 0.3) is 10.9 Å². The van der Waals surface area contributed by atoms with Gasteiger partial charge in [0.25, 0.3) is 0 Å². The molecular weight excluding hydrogens is 189 g/mol. The van der Waals surface area contributed by atoms with Gasteiger partial charge in [0, 0.05) is 24.5 Å². The van der Waals surface area contributed by atoms with Crippen molar-refractivity contribution in [3.8, 4) is 11.8 Å². The van der Waals surface area contributed by atoms with Crippen molar-refractivity contribution in [1.82, 2.24) is 4.57 Å². The van der Waals surface area contributed by atoms with E-state index < -0.39 is 0 Å². The van der Waals surface area contributed by atoms with Crippen molar-refractivity contribution in [3.05, 3.63) is 36.3 Å². The normalized spacial score (nSPS) is 10.0. The van der Waals surface area contributed by atoms with Crippen LogP contribution < -0.4 is 0 Å². The third kappa shape index (κ3) is 1.87. The summed E-state index contributed by atoms with van der Waals surface area (Å²) in [5.74, 6) is 5.69. The van der Waals surface area contributed by atoms with E-state index in [-0.39, 0.29) is 5.82 Å². The van der Waals surface area contributed by atoms with E-state index in [2.05, 4.69) is 11.8 Å². The van der Waals surface area contributed by atoms with Crippen LogP contribution >= 0.6 is 0 Å². The zero-order chi connectivity index (χ0) is 10.7. The number of hydrogen-bond donors (Lipinski definition) is 0. The summed E-state index contributed by atoms with van der Waals surface area (Å²) in [6, 6.07) is 6.96. The second kappa shape index (κ2) is 4.18. The van der Waals surface area contributed by atoms with Crippen LogP contribution in [-0.4, -0.2) is 4.57 Å². The zero-order valence-corrected chi connectivity index (χ0v) is 8.63. The highest BCUT2D eigenvalue weighted by atomic mass is 19.1. The van der Waals surface area contributed by atoms with Crippen LogP contribution in [0.1, 0.15) is 13.3 Å². The molecule has 15 heavy (non-hydrogen) atoms. The molecule has 0 fully saturated rings. The Hall–Kier alpha value is -1.75. The molecule has 1 heterocycles. The molecule has 1 aromatic carbocycles. The van der Waals surface area contributed by atoms with E-state index in [1.54, 1.807) is 6.07 Å². The van der Waals surface area contributed by atoms with E-state index in [1.165, 1.54) is 6.07 Å². The topological polar surface area (TPSA) is 4.93 Å². The number of aryl methyl sites for hydroxylation is 1. The number of benzene rings is 1. The zero-order valence-electron chi connectivity index (χ0n) is 8.63. The van der Waals surface area contributed by atoms with Crippen molar-refractivity contribution in [1.29, 1.82) is 0 Å². The largest absolute Gasteiger partial charge is 0.346 e. The number of hydrogen-bond acceptors (Lipinski definition) is 0. The van der Waals surface area contributed by atoms with Crippen LogP contribution in [0.2, 0.25) is 0 Å². The van der Waals surface area contributed by atoms with Crippen LogP contribution in [0.5, 0.6) is 0 Å². The summed E-state index contributed by atoms with van der Waals surface area (Å²) in [5, 5.41) is 0.682. The molecule has 1 aromatic heterocycles. The molecule has 0 aliphatic heterocycles. The fourth-order valence-corrected chi connectivity index (χ4v) is 1.68. The van der Waals surface area contributed by atoms with E-state index >= 15 is 0 Å². The van der Waals surface area contributed by atoms with Crippen molar-refractivity contribution in [2.75, 3.05) is 0 Å². The van der Waals surface area contributed by atoms with Crippen molar-refractivity contribution in [2.45, 2.75) is 19.9 Å². The van der Waals surface area contributed by atoms with E-state index in [0.717, 1.165) is 18.5 Å². The quantitative estimate of drug-likeness (QED) is 0.657. The molecule has 0 saturated carbocycles.